The number of carbonyl (C=O) groups excluding carboxylic acids is 1. The molecular formula is C15H17Cl2F3N2O3. The van der Waals surface area contributed by atoms with Crippen LogP contribution in [0.5, 0.6) is 5.75 Å². The van der Waals surface area contributed by atoms with E-state index >= 15 is 0 Å². The van der Waals surface area contributed by atoms with Crippen molar-refractivity contribution in [1.29, 1.82) is 0 Å². The molecular weight excluding hydrogens is 384 g/mol. The van der Waals surface area contributed by atoms with Crippen molar-refractivity contribution in [3.63, 3.8) is 0 Å². The van der Waals surface area contributed by atoms with Crippen LogP contribution in [0.25, 0.3) is 0 Å². The predicted octanol–water partition coefficient (Wildman–Crippen LogP) is 3.23. The molecule has 25 heavy (non-hydrogen) atoms. The van der Waals surface area contributed by atoms with Crippen LogP contribution in [-0.2, 0) is 9.53 Å². The smallest absolute Gasteiger partial charge is 0.490 e. The fraction of sp³-hybridized carbons (Fsp3) is 0.533. The highest BCUT2D eigenvalue weighted by Gasteiger charge is 2.42. The second-order valence-corrected chi connectivity index (χ2v) is 6.45. The van der Waals surface area contributed by atoms with Crippen molar-refractivity contribution >= 4 is 29.2 Å². The van der Waals surface area contributed by atoms with Gasteiger partial charge in [0, 0.05) is 25.7 Å². The van der Waals surface area contributed by atoms with Gasteiger partial charge >= 0.3 is 12.1 Å². The maximum absolute atomic E-state index is 12.1. The molecule has 1 heterocycles. The van der Waals surface area contributed by atoms with Gasteiger partial charge in [-0.25, -0.2) is 4.79 Å². The van der Waals surface area contributed by atoms with E-state index in [1.54, 1.807) is 18.2 Å². The molecule has 0 radical (unpaired) electrons. The third-order valence-corrected chi connectivity index (χ3v) is 4.40. The van der Waals surface area contributed by atoms with Crippen LogP contribution in [0.2, 0.25) is 10.0 Å². The molecule has 1 aromatic carbocycles. The first-order valence-electron chi connectivity index (χ1n) is 7.52. The van der Waals surface area contributed by atoms with Gasteiger partial charge in [-0.1, -0.05) is 23.2 Å². The van der Waals surface area contributed by atoms with Crippen LogP contribution < -0.4 is 10.5 Å². The lowest BCUT2D eigenvalue weighted by molar-refractivity contribution is -0.205. The first kappa shape index (κ1) is 20.1. The number of hydrogen-bond acceptors (Lipinski definition) is 5. The Kier molecular flexibility index (Phi) is 6.79. The Morgan fingerprint density at radius 2 is 1.92 bits per heavy atom. The van der Waals surface area contributed by atoms with Gasteiger partial charge in [0.05, 0.1) is 10.0 Å². The highest BCUT2D eigenvalue weighted by molar-refractivity contribution is 6.42. The van der Waals surface area contributed by atoms with Crippen LogP contribution >= 0.6 is 23.2 Å². The summed E-state index contributed by atoms with van der Waals surface area (Å²) in [6, 6.07) is 4.98. The number of piperidine rings is 1. The summed E-state index contributed by atoms with van der Waals surface area (Å²) in [7, 11) is 0. The quantitative estimate of drug-likeness (QED) is 0.607. The normalized spacial score (nSPS) is 18.0. The fourth-order valence-corrected chi connectivity index (χ4v) is 2.74. The van der Waals surface area contributed by atoms with Crippen molar-refractivity contribution in [2.75, 3.05) is 19.6 Å². The molecule has 1 aromatic rings. The average molecular weight is 401 g/mol. The minimum absolute atomic E-state index is 0.0291. The molecule has 1 aliphatic rings. The Morgan fingerprint density at radius 1 is 1.28 bits per heavy atom. The summed E-state index contributed by atoms with van der Waals surface area (Å²) < 4.78 is 46.4. The number of halogens is 5. The van der Waals surface area contributed by atoms with Crippen molar-refractivity contribution in [3.8, 4) is 5.75 Å². The number of hydrogen-bond donors (Lipinski definition) is 1. The van der Waals surface area contributed by atoms with E-state index in [0.29, 0.717) is 41.7 Å². The summed E-state index contributed by atoms with van der Waals surface area (Å²) in [5, 5.41) is 0.834. The lowest BCUT2D eigenvalue weighted by atomic mass is 10.1. The molecule has 1 saturated heterocycles. The number of nitrogens with zero attached hydrogens (tertiary/aromatic N) is 1. The molecule has 0 spiro atoms. The molecule has 0 bridgehead atoms. The standard InChI is InChI=1S/C15H17Cl2F3N2O3/c16-11-2-1-10(7-12(11)17)24-9-3-5-22(6-4-9)8-13(21)25-14(23)15(18,19)20/h1-2,7,9,13H,3-6,8,21H2. The van der Waals surface area contributed by atoms with Crippen molar-refractivity contribution in [2.45, 2.75) is 31.3 Å². The van der Waals surface area contributed by atoms with E-state index in [9.17, 15) is 18.0 Å². The van der Waals surface area contributed by atoms with Crippen LogP contribution in [0.15, 0.2) is 18.2 Å². The van der Waals surface area contributed by atoms with E-state index in [4.69, 9.17) is 33.7 Å². The highest BCUT2D eigenvalue weighted by atomic mass is 35.5. The number of likely N-dealkylation sites (tertiary alicyclic amines) is 1. The minimum atomic E-state index is -5.04. The predicted molar refractivity (Wildman–Crippen MR) is 86.7 cm³/mol. The molecule has 1 aliphatic heterocycles. The van der Waals surface area contributed by atoms with Crippen molar-refractivity contribution < 1.29 is 27.4 Å². The molecule has 2 N–H and O–H groups in total. The molecule has 5 nitrogen and oxygen atoms in total. The lowest BCUT2D eigenvalue weighted by Gasteiger charge is -2.33. The average Bonchev–Trinajstić information content (AvgIpc) is 2.52. The first-order valence-corrected chi connectivity index (χ1v) is 8.28. The molecule has 1 atom stereocenters. The van der Waals surface area contributed by atoms with E-state index < -0.39 is 18.4 Å². The van der Waals surface area contributed by atoms with E-state index in [0.717, 1.165) is 0 Å². The zero-order valence-electron chi connectivity index (χ0n) is 13.1. The van der Waals surface area contributed by atoms with E-state index in [-0.39, 0.29) is 12.6 Å². The van der Waals surface area contributed by atoms with Gasteiger partial charge in [0.1, 0.15) is 11.9 Å². The van der Waals surface area contributed by atoms with Gasteiger partial charge in [-0.15, -0.1) is 0 Å². The fourth-order valence-electron chi connectivity index (χ4n) is 2.45. The number of ether oxygens (including phenoxy) is 2. The third-order valence-electron chi connectivity index (χ3n) is 3.66. The lowest BCUT2D eigenvalue weighted by Crippen LogP contribution is -2.46. The Morgan fingerprint density at radius 3 is 2.48 bits per heavy atom. The molecule has 1 fully saturated rings. The molecule has 2 rings (SSSR count). The van der Waals surface area contributed by atoms with Crippen LogP contribution in [0, 0.1) is 0 Å². The van der Waals surface area contributed by atoms with Crippen LogP contribution in [0.1, 0.15) is 12.8 Å². The second-order valence-electron chi connectivity index (χ2n) is 5.64. The van der Waals surface area contributed by atoms with Gasteiger partial charge in [-0.05, 0) is 25.0 Å². The summed E-state index contributed by atoms with van der Waals surface area (Å²) in [5.74, 6) is -1.68. The van der Waals surface area contributed by atoms with E-state index in [2.05, 4.69) is 4.74 Å². The Bertz CT molecular complexity index is 608. The summed E-state index contributed by atoms with van der Waals surface area (Å²) in [6.45, 7) is 1.15. The second kappa shape index (κ2) is 8.44. The zero-order chi connectivity index (χ0) is 18.6. The Labute approximate surface area is 152 Å². The van der Waals surface area contributed by atoms with E-state index in [1.165, 1.54) is 0 Å². The Hall–Kier alpha value is -1.22. The van der Waals surface area contributed by atoms with Gasteiger partial charge in [0.2, 0.25) is 0 Å². The van der Waals surface area contributed by atoms with Gasteiger partial charge < -0.3 is 9.47 Å². The molecule has 1 unspecified atom stereocenters. The molecule has 10 heteroatoms. The summed E-state index contributed by atoms with van der Waals surface area (Å²) in [5.41, 5.74) is 5.45. The number of benzene rings is 1. The van der Waals surface area contributed by atoms with Gasteiger partial charge in [-0.3, -0.25) is 10.6 Å². The topological polar surface area (TPSA) is 64.8 Å². The van der Waals surface area contributed by atoms with E-state index in [1.807, 2.05) is 4.90 Å². The maximum Gasteiger partial charge on any atom is 0.490 e. The van der Waals surface area contributed by atoms with Crippen molar-refractivity contribution in [1.82, 2.24) is 4.90 Å². The first-order chi connectivity index (χ1) is 11.6. The molecule has 140 valence electrons. The monoisotopic (exact) mass is 400 g/mol. The maximum atomic E-state index is 12.1. The van der Waals surface area contributed by atoms with Crippen molar-refractivity contribution in [2.24, 2.45) is 5.73 Å². The van der Waals surface area contributed by atoms with Crippen molar-refractivity contribution in [3.05, 3.63) is 28.2 Å². The van der Waals surface area contributed by atoms with Gasteiger partial charge in [0.25, 0.3) is 0 Å². The highest BCUT2D eigenvalue weighted by Crippen LogP contribution is 2.28. The minimum Gasteiger partial charge on any atom is -0.490 e. The number of nitrogens with two attached hydrogens (primary N) is 1. The number of carbonyl (C=O) groups is 1. The molecule has 0 aliphatic carbocycles. The summed E-state index contributed by atoms with van der Waals surface area (Å²) in [6.07, 6.45) is -5.12. The van der Waals surface area contributed by atoms with Crippen LogP contribution in [0.4, 0.5) is 13.2 Å². The zero-order valence-corrected chi connectivity index (χ0v) is 14.6. The van der Waals surface area contributed by atoms with Gasteiger partial charge in [0.15, 0.2) is 6.23 Å². The number of esters is 1. The van der Waals surface area contributed by atoms with Gasteiger partial charge in [-0.2, -0.15) is 13.2 Å². The molecule has 0 amide bonds. The summed E-state index contributed by atoms with van der Waals surface area (Å²) in [4.78, 5) is 12.6. The van der Waals surface area contributed by atoms with Crippen LogP contribution in [-0.4, -0.2) is 49.0 Å². The Balaban J connectivity index is 1.75. The largest absolute Gasteiger partial charge is 0.490 e. The van der Waals surface area contributed by atoms with Crippen LogP contribution in [0.3, 0.4) is 0 Å². The summed E-state index contributed by atoms with van der Waals surface area (Å²) >= 11 is 11.8. The number of alkyl halides is 3. The molecule has 0 saturated carbocycles. The number of rotatable bonds is 5. The third kappa shape index (κ3) is 6.22. The molecule has 0 aromatic heterocycles. The SMILES string of the molecule is NC(CN1CCC(Oc2ccc(Cl)c(Cl)c2)CC1)OC(=O)C(F)(F)F.